The molecule has 1 aromatic rings. The normalized spacial score (nSPS) is 22.7. The molecule has 5 heteroatoms. The van der Waals surface area contributed by atoms with Crippen LogP contribution in [0.2, 0.25) is 0 Å². The third-order valence-electron chi connectivity index (χ3n) is 4.54. The molecular weight excluding hydrogens is 266 g/mol. The molecule has 2 fully saturated rings. The number of rotatable bonds is 2. The first-order valence-corrected chi connectivity index (χ1v) is 7.66. The van der Waals surface area contributed by atoms with Gasteiger partial charge in [-0.1, -0.05) is 0 Å². The van der Waals surface area contributed by atoms with Crippen LogP contribution >= 0.6 is 0 Å². The van der Waals surface area contributed by atoms with Crippen molar-refractivity contribution in [2.45, 2.75) is 25.3 Å². The third kappa shape index (κ3) is 2.83. The van der Waals surface area contributed by atoms with Crippen molar-refractivity contribution in [2.75, 3.05) is 39.0 Å². The monoisotopic (exact) mass is 289 g/mol. The first-order chi connectivity index (χ1) is 10.2. The number of benzene rings is 1. The van der Waals surface area contributed by atoms with Crippen LogP contribution in [-0.2, 0) is 0 Å². The number of fused-ring (bicyclic) bond motifs is 1. The van der Waals surface area contributed by atoms with Gasteiger partial charge in [0.25, 0.3) is 5.91 Å². The lowest BCUT2D eigenvalue weighted by atomic mass is 10.1. The summed E-state index contributed by atoms with van der Waals surface area (Å²) >= 11 is 0. The molecule has 0 aliphatic carbocycles. The molecule has 1 atom stereocenters. The fourth-order valence-corrected chi connectivity index (χ4v) is 3.45. The highest BCUT2D eigenvalue weighted by Gasteiger charge is 2.31. The van der Waals surface area contributed by atoms with Gasteiger partial charge in [-0.3, -0.25) is 9.69 Å². The average Bonchev–Trinajstić information content (AvgIpc) is 2.83. The molecule has 1 unspecified atom stereocenters. The van der Waals surface area contributed by atoms with E-state index in [2.05, 4.69) is 4.90 Å². The standard InChI is InChI=1S/C16H23N3O2/c1-21-15-6-5-12(17)10-14(15)16(20)19-9-3-8-18-7-2-4-13(18)11-19/h5-6,10,13H,2-4,7-9,11,17H2,1H3. The van der Waals surface area contributed by atoms with Crippen LogP contribution in [0, 0.1) is 0 Å². The molecule has 0 bridgehead atoms. The second kappa shape index (κ2) is 5.93. The number of hydrogen-bond donors (Lipinski definition) is 1. The van der Waals surface area contributed by atoms with Crippen LogP contribution in [-0.4, -0.2) is 55.0 Å². The Balaban J connectivity index is 1.82. The zero-order valence-corrected chi connectivity index (χ0v) is 12.5. The van der Waals surface area contributed by atoms with Crippen LogP contribution in [0.3, 0.4) is 0 Å². The Labute approximate surface area is 125 Å². The molecule has 2 N–H and O–H groups in total. The van der Waals surface area contributed by atoms with Gasteiger partial charge in [-0.05, 0) is 44.0 Å². The van der Waals surface area contributed by atoms with Crippen molar-refractivity contribution >= 4 is 11.6 Å². The summed E-state index contributed by atoms with van der Waals surface area (Å²) in [5.41, 5.74) is 7.00. The molecule has 2 aliphatic heterocycles. The van der Waals surface area contributed by atoms with Gasteiger partial charge in [-0.2, -0.15) is 0 Å². The summed E-state index contributed by atoms with van der Waals surface area (Å²) in [5, 5.41) is 0. The first-order valence-electron chi connectivity index (χ1n) is 7.66. The smallest absolute Gasteiger partial charge is 0.257 e. The topological polar surface area (TPSA) is 58.8 Å². The number of anilines is 1. The van der Waals surface area contributed by atoms with Gasteiger partial charge in [-0.15, -0.1) is 0 Å². The Bertz CT molecular complexity index is 532. The molecule has 0 spiro atoms. The Hall–Kier alpha value is -1.75. The zero-order chi connectivity index (χ0) is 14.8. The maximum Gasteiger partial charge on any atom is 0.257 e. The number of amides is 1. The van der Waals surface area contributed by atoms with Gasteiger partial charge in [0.1, 0.15) is 5.75 Å². The van der Waals surface area contributed by atoms with E-state index in [1.54, 1.807) is 25.3 Å². The second-order valence-electron chi connectivity index (χ2n) is 5.90. The lowest BCUT2D eigenvalue weighted by Crippen LogP contribution is -2.39. The number of methoxy groups -OCH3 is 1. The number of ether oxygens (including phenoxy) is 1. The van der Waals surface area contributed by atoms with Crippen molar-refractivity contribution in [3.8, 4) is 5.75 Å². The largest absolute Gasteiger partial charge is 0.496 e. The van der Waals surface area contributed by atoms with Crippen LogP contribution in [0.25, 0.3) is 0 Å². The summed E-state index contributed by atoms with van der Waals surface area (Å²) in [6.07, 6.45) is 3.47. The summed E-state index contributed by atoms with van der Waals surface area (Å²) in [4.78, 5) is 17.3. The molecule has 2 heterocycles. The van der Waals surface area contributed by atoms with E-state index in [1.807, 2.05) is 4.90 Å². The van der Waals surface area contributed by atoms with Crippen molar-refractivity contribution in [3.05, 3.63) is 23.8 Å². The van der Waals surface area contributed by atoms with E-state index in [-0.39, 0.29) is 5.91 Å². The molecule has 1 amide bonds. The van der Waals surface area contributed by atoms with Gasteiger partial charge >= 0.3 is 0 Å². The van der Waals surface area contributed by atoms with Gasteiger partial charge < -0.3 is 15.4 Å². The first kappa shape index (κ1) is 14.2. The Morgan fingerprint density at radius 2 is 2.10 bits per heavy atom. The lowest BCUT2D eigenvalue weighted by Gasteiger charge is -2.26. The molecule has 2 aliphatic rings. The van der Waals surface area contributed by atoms with Crippen molar-refractivity contribution in [3.63, 3.8) is 0 Å². The summed E-state index contributed by atoms with van der Waals surface area (Å²) in [6, 6.07) is 5.76. The summed E-state index contributed by atoms with van der Waals surface area (Å²) < 4.78 is 5.32. The molecule has 0 radical (unpaired) electrons. The fraction of sp³-hybridized carbons (Fsp3) is 0.562. The molecule has 2 saturated heterocycles. The molecule has 0 aromatic heterocycles. The minimum absolute atomic E-state index is 0.0351. The molecular formula is C16H23N3O2. The van der Waals surface area contributed by atoms with E-state index in [0.29, 0.717) is 23.0 Å². The lowest BCUT2D eigenvalue weighted by molar-refractivity contribution is 0.0740. The van der Waals surface area contributed by atoms with Gasteiger partial charge in [0.05, 0.1) is 12.7 Å². The van der Waals surface area contributed by atoms with Gasteiger partial charge in [0.2, 0.25) is 0 Å². The maximum absolute atomic E-state index is 12.8. The van der Waals surface area contributed by atoms with Crippen molar-refractivity contribution < 1.29 is 9.53 Å². The van der Waals surface area contributed by atoms with Crippen LogP contribution in [0.5, 0.6) is 5.75 Å². The molecule has 21 heavy (non-hydrogen) atoms. The fourth-order valence-electron chi connectivity index (χ4n) is 3.45. The summed E-state index contributed by atoms with van der Waals surface area (Å²) in [7, 11) is 1.59. The van der Waals surface area contributed by atoms with Crippen LogP contribution in [0.1, 0.15) is 29.6 Å². The highest BCUT2D eigenvalue weighted by Crippen LogP contribution is 2.26. The van der Waals surface area contributed by atoms with E-state index in [1.165, 1.54) is 19.4 Å². The van der Waals surface area contributed by atoms with E-state index >= 15 is 0 Å². The number of hydrogen-bond acceptors (Lipinski definition) is 4. The number of nitrogen functional groups attached to an aromatic ring is 1. The molecule has 0 saturated carbocycles. The minimum atomic E-state index is 0.0351. The van der Waals surface area contributed by atoms with Crippen LogP contribution in [0.4, 0.5) is 5.69 Å². The van der Waals surface area contributed by atoms with Crippen molar-refractivity contribution in [1.82, 2.24) is 9.80 Å². The quantitative estimate of drug-likeness (QED) is 0.840. The van der Waals surface area contributed by atoms with Gasteiger partial charge in [0, 0.05) is 31.4 Å². The number of nitrogens with zero attached hydrogens (tertiary/aromatic N) is 2. The second-order valence-corrected chi connectivity index (χ2v) is 5.90. The maximum atomic E-state index is 12.8. The Kier molecular flexibility index (Phi) is 4.01. The van der Waals surface area contributed by atoms with Gasteiger partial charge in [0.15, 0.2) is 0 Å². The van der Waals surface area contributed by atoms with E-state index in [0.717, 1.165) is 26.1 Å². The third-order valence-corrected chi connectivity index (χ3v) is 4.54. The Morgan fingerprint density at radius 3 is 2.90 bits per heavy atom. The highest BCUT2D eigenvalue weighted by molar-refractivity contribution is 5.97. The van der Waals surface area contributed by atoms with Crippen LogP contribution in [0.15, 0.2) is 18.2 Å². The molecule has 3 rings (SSSR count). The summed E-state index contributed by atoms with van der Waals surface area (Å²) in [6.45, 7) is 3.90. The van der Waals surface area contributed by atoms with E-state index in [9.17, 15) is 4.79 Å². The number of nitrogens with two attached hydrogens (primary N) is 1. The summed E-state index contributed by atoms with van der Waals surface area (Å²) in [5.74, 6) is 0.634. The molecule has 1 aromatic carbocycles. The van der Waals surface area contributed by atoms with E-state index in [4.69, 9.17) is 10.5 Å². The molecule has 114 valence electrons. The number of carbonyl (C=O) groups is 1. The number of carbonyl (C=O) groups excluding carboxylic acids is 1. The van der Waals surface area contributed by atoms with Crippen molar-refractivity contribution in [1.29, 1.82) is 0 Å². The zero-order valence-electron chi connectivity index (χ0n) is 12.5. The van der Waals surface area contributed by atoms with Crippen molar-refractivity contribution in [2.24, 2.45) is 0 Å². The van der Waals surface area contributed by atoms with E-state index < -0.39 is 0 Å². The Morgan fingerprint density at radius 1 is 1.29 bits per heavy atom. The molecule has 5 nitrogen and oxygen atoms in total. The predicted molar refractivity (Wildman–Crippen MR) is 82.5 cm³/mol. The highest BCUT2D eigenvalue weighted by atomic mass is 16.5. The van der Waals surface area contributed by atoms with Crippen LogP contribution < -0.4 is 10.5 Å². The minimum Gasteiger partial charge on any atom is -0.496 e. The predicted octanol–water partition coefficient (Wildman–Crippen LogP) is 1.59. The average molecular weight is 289 g/mol. The SMILES string of the molecule is COc1ccc(N)cc1C(=O)N1CCCN2CCCC2C1. The van der Waals surface area contributed by atoms with Gasteiger partial charge in [-0.25, -0.2) is 0 Å².